The van der Waals surface area contributed by atoms with Gasteiger partial charge < -0.3 is 14.4 Å². The highest BCUT2D eigenvalue weighted by Crippen LogP contribution is 2.37. The van der Waals surface area contributed by atoms with Crippen LogP contribution in [0.4, 0.5) is 5.69 Å². The van der Waals surface area contributed by atoms with Gasteiger partial charge in [-0.3, -0.25) is 10.1 Å². The highest BCUT2D eigenvalue weighted by Gasteiger charge is 2.21. The number of aromatic nitrogens is 3. The molecule has 0 atom stereocenters. The molecule has 1 aliphatic heterocycles. The van der Waals surface area contributed by atoms with E-state index in [0.717, 1.165) is 38.1 Å². The lowest BCUT2D eigenvalue weighted by Crippen LogP contribution is -2.05. The van der Waals surface area contributed by atoms with Crippen LogP contribution in [0.25, 0.3) is 11.6 Å². The van der Waals surface area contributed by atoms with Crippen LogP contribution in [0.3, 0.4) is 0 Å². The fraction of sp³-hybridized carbons (Fsp3) is 0.353. The van der Waals surface area contributed by atoms with Gasteiger partial charge in [0.25, 0.3) is 0 Å². The summed E-state index contributed by atoms with van der Waals surface area (Å²) in [4.78, 5) is 10.4. The van der Waals surface area contributed by atoms with Crippen LogP contribution in [0.2, 0.25) is 0 Å². The number of hydrogen-bond donors (Lipinski definition) is 1. The second-order valence-corrected chi connectivity index (χ2v) is 5.92. The average Bonchev–Trinajstić information content (AvgIpc) is 2.88. The third-order valence-electron chi connectivity index (χ3n) is 4.28. The number of nitriles is 1. The minimum absolute atomic E-state index is 0.0391. The van der Waals surface area contributed by atoms with Crippen molar-refractivity contribution < 1.29 is 14.8 Å². The summed E-state index contributed by atoms with van der Waals surface area (Å²) in [7, 11) is 1.30. The van der Waals surface area contributed by atoms with Crippen LogP contribution in [0.1, 0.15) is 36.5 Å². The molecule has 2 heterocycles. The number of aromatic hydroxyl groups is 1. The van der Waals surface area contributed by atoms with Gasteiger partial charge in [-0.25, -0.2) is 0 Å². The molecule has 0 unspecified atom stereocenters. The number of benzene rings is 1. The molecule has 26 heavy (non-hydrogen) atoms. The SMILES string of the molecule is COc1cc(/C=C(\C#N)c2nnc3n2CCCCC3)cc([N+](=O)[O-])c1O. The van der Waals surface area contributed by atoms with Crippen molar-refractivity contribution in [3.8, 4) is 17.6 Å². The van der Waals surface area contributed by atoms with Gasteiger partial charge in [-0.1, -0.05) is 6.42 Å². The second kappa shape index (κ2) is 7.23. The number of fused-ring (bicyclic) bond motifs is 1. The van der Waals surface area contributed by atoms with E-state index >= 15 is 0 Å². The lowest BCUT2D eigenvalue weighted by molar-refractivity contribution is -0.386. The van der Waals surface area contributed by atoms with Gasteiger partial charge in [-0.05, 0) is 30.5 Å². The van der Waals surface area contributed by atoms with Crippen LogP contribution in [0.15, 0.2) is 12.1 Å². The summed E-state index contributed by atoms with van der Waals surface area (Å²) in [5, 5.41) is 38.9. The van der Waals surface area contributed by atoms with Gasteiger partial charge >= 0.3 is 5.69 Å². The van der Waals surface area contributed by atoms with Crippen LogP contribution in [-0.4, -0.2) is 31.9 Å². The zero-order chi connectivity index (χ0) is 18.7. The number of hydrogen-bond acceptors (Lipinski definition) is 7. The Labute approximate surface area is 149 Å². The summed E-state index contributed by atoms with van der Waals surface area (Å²) in [6.45, 7) is 0.732. The van der Waals surface area contributed by atoms with Crippen molar-refractivity contribution in [3.63, 3.8) is 0 Å². The quantitative estimate of drug-likeness (QED) is 0.507. The normalized spacial score (nSPS) is 14.2. The monoisotopic (exact) mass is 355 g/mol. The van der Waals surface area contributed by atoms with Crippen LogP contribution in [-0.2, 0) is 13.0 Å². The molecule has 1 aliphatic rings. The number of nitro groups is 1. The first-order chi connectivity index (χ1) is 12.5. The first kappa shape index (κ1) is 17.4. The fourth-order valence-corrected chi connectivity index (χ4v) is 2.99. The third-order valence-corrected chi connectivity index (χ3v) is 4.28. The molecule has 0 saturated heterocycles. The largest absolute Gasteiger partial charge is 0.500 e. The third kappa shape index (κ3) is 3.21. The van der Waals surface area contributed by atoms with E-state index in [-0.39, 0.29) is 11.3 Å². The minimum atomic E-state index is -0.704. The molecular weight excluding hydrogens is 338 g/mol. The molecule has 1 aromatic carbocycles. The van der Waals surface area contributed by atoms with E-state index in [4.69, 9.17) is 4.74 Å². The van der Waals surface area contributed by atoms with E-state index in [0.29, 0.717) is 11.4 Å². The van der Waals surface area contributed by atoms with Crippen LogP contribution in [0.5, 0.6) is 11.5 Å². The maximum atomic E-state index is 11.1. The number of methoxy groups -OCH3 is 1. The van der Waals surface area contributed by atoms with Crippen molar-refractivity contribution in [2.45, 2.75) is 32.2 Å². The number of nitro benzene ring substituents is 1. The van der Waals surface area contributed by atoms with Crippen molar-refractivity contribution in [2.75, 3.05) is 7.11 Å². The molecule has 1 N–H and O–H groups in total. The number of ether oxygens (including phenoxy) is 1. The fourth-order valence-electron chi connectivity index (χ4n) is 2.99. The van der Waals surface area contributed by atoms with Gasteiger partial charge in [0.1, 0.15) is 11.9 Å². The maximum Gasteiger partial charge on any atom is 0.315 e. The van der Waals surface area contributed by atoms with Gasteiger partial charge in [0.05, 0.1) is 17.6 Å². The molecule has 0 spiro atoms. The Balaban J connectivity index is 2.08. The standard InChI is InChI=1S/C17H17N5O4/c1-26-14-9-11(8-13(16(14)23)22(24)25)7-12(10-18)17-20-19-15-5-3-2-4-6-21(15)17/h7-9,23H,2-6H2,1H3/b12-7+. The Morgan fingerprint density at radius 2 is 2.23 bits per heavy atom. The van der Waals surface area contributed by atoms with E-state index in [1.807, 2.05) is 4.57 Å². The number of nitrogens with zero attached hydrogens (tertiary/aromatic N) is 5. The maximum absolute atomic E-state index is 11.1. The van der Waals surface area contributed by atoms with E-state index in [9.17, 15) is 20.5 Å². The predicted molar refractivity (Wildman–Crippen MR) is 92.4 cm³/mol. The van der Waals surface area contributed by atoms with Crippen LogP contribution in [0, 0.1) is 21.4 Å². The molecular formula is C17H17N5O4. The molecule has 2 aromatic rings. The van der Waals surface area contributed by atoms with Crippen molar-refractivity contribution in [3.05, 3.63) is 39.5 Å². The Kier molecular flexibility index (Phi) is 4.84. The first-order valence-corrected chi connectivity index (χ1v) is 8.14. The number of phenols is 1. The lowest BCUT2D eigenvalue weighted by atomic mass is 10.1. The van der Waals surface area contributed by atoms with Crippen molar-refractivity contribution in [2.24, 2.45) is 0 Å². The van der Waals surface area contributed by atoms with E-state index in [1.54, 1.807) is 0 Å². The Morgan fingerprint density at radius 3 is 2.92 bits per heavy atom. The summed E-state index contributed by atoms with van der Waals surface area (Å²) in [5.41, 5.74) is 0.106. The topological polar surface area (TPSA) is 127 Å². The lowest BCUT2D eigenvalue weighted by Gasteiger charge is -2.07. The molecule has 0 bridgehead atoms. The van der Waals surface area contributed by atoms with E-state index in [2.05, 4.69) is 16.3 Å². The van der Waals surface area contributed by atoms with Crippen LogP contribution >= 0.6 is 0 Å². The van der Waals surface area contributed by atoms with Gasteiger partial charge in [0.2, 0.25) is 5.75 Å². The van der Waals surface area contributed by atoms with E-state index < -0.39 is 16.4 Å². The molecule has 9 heteroatoms. The number of rotatable bonds is 4. The molecule has 134 valence electrons. The predicted octanol–water partition coefficient (Wildman–Crippen LogP) is 2.69. The zero-order valence-electron chi connectivity index (χ0n) is 14.2. The average molecular weight is 355 g/mol. The molecule has 0 aliphatic carbocycles. The first-order valence-electron chi connectivity index (χ1n) is 8.14. The van der Waals surface area contributed by atoms with Gasteiger partial charge in [-0.15, -0.1) is 10.2 Å². The van der Waals surface area contributed by atoms with Crippen LogP contribution < -0.4 is 4.74 Å². The number of aryl methyl sites for hydroxylation is 1. The van der Waals surface area contributed by atoms with Crippen molar-refractivity contribution >= 4 is 17.3 Å². The van der Waals surface area contributed by atoms with Gasteiger partial charge in [0, 0.05) is 19.0 Å². The number of allylic oxidation sites excluding steroid dienone is 1. The molecule has 3 rings (SSSR count). The van der Waals surface area contributed by atoms with Gasteiger partial charge in [-0.2, -0.15) is 5.26 Å². The molecule has 0 saturated carbocycles. The Bertz CT molecular complexity index is 926. The highest BCUT2D eigenvalue weighted by molar-refractivity contribution is 5.88. The molecule has 1 aromatic heterocycles. The smallest absolute Gasteiger partial charge is 0.315 e. The molecule has 9 nitrogen and oxygen atoms in total. The second-order valence-electron chi connectivity index (χ2n) is 5.92. The summed E-state index contributed by atoms with van der Waals surface area (Å²) < 4.78 is 6.91. The molecule has 0 amide bonds. The summed E-state index contributed by atoms with van der Waals surface area (Å²) in [5.74, 6) is 0.694. The summed E-state index contributed by atoms with van der Waals surface area (Å²) >= 11 is 0. The highest BCUT2D eigenvalue weighted by atomic mass is 16.6. The van der Waals surface area contributed by atoms with Gasteiger partial charge in [0.15, 0.2) is 11.6 Å². The van der Waals surface area contributed by atoms with Crippen molar-refractivity contribution in [1.82, 2.24) is 14.8 Å². The summed E-state index contributed by atoms with van der Waals surface area (Å²) in [6, 6.07) is 4.71. The molecule has 0 radical (unpaired) electrons. The summed E-state index contributed by atoms with van der Waals surface area (Å²) in [6.07, 6.45) is 5.40. The molecule has 0 fully saturated rings. The Hall–Kier alpha value is -3.41. The van der Waals surface area contributed by atoms with E-state index in [1.165, 1.54) is 25.3 Å². The van der Waals surface area contributed by atoms with Crippen molar-refractivity contribution in [1.29, 1.82) is 5.26 Å². The minimum Gasteiger partial charge on any atom is -0.500 e. The zero-order valence-corrected chi connectivity index (χ0v) is 14.2. The number of phenolic OH excluding ortho intramolecular Hbond substituents is 1. The Morgan fingerprint density at radius 1 is 1.42 bits per heavy atom.